The topological polar surface area (TPSA) is 66.5 Å². The number of nitrogens with zero attached hydrogens (tertiary/aromatic N) is 1. The second-order valence-corrected chi connectivity index (χ2v) is 9.54. The van der Waals surface area contributed by atoms with Crippen molar-refractivity contribution in [1.29, 1.82) is 0 Å². The average molecular weight is 421 g/mol. The fourth-order valence-electron chi connectivity index (χ4n) is 3.55. The van der Waals surface area contributed by atoms with E-state index in [1.54, 1.807) is 0 Å². The molecule has 0 saturated carbocycles. The predicted octanol–water partition coefficient (Wildman–Crippen LogP) is 3.79. The van der Waals surface area contributed by atoms with Gasteiger partial charge in [0.2, 0.25) is 11.8 Å². The van der Waals surface area contributed by atoms with E-state index in [4.69, 9.17) is 0 Å². The number of nitrogens with one attached hydrogen (secondary N) is 1. The molecule has 0 spiro atoms. The summed E-state index contributed by atoms with van der Waals surface area (Å²) >= 11 is 0. The summed E-state index contributed by atoms with van der Waals surface area (Å²) in [7, 11) is -1.05. The van der Waals surface area contributed by atoms with Gasteiger partial charge >= 0.3 is 0 Å². The molecule has 0 bridgehead atoms. The molecule has 29 heavy (non-hydrogen) atoms. The third kappa shape index (κ3) is 8.69. The maximum Gasteiger partial charge on any atom is 0.239 e. The molecule has 1 aromatic carbocycles. The summed E-state index contributed by atoms with van der Waals surface area (Å²) in [5.74, 6) is 0.419. The molecule has 2 rings (SSSR count). The fraction of sp³-hybridized carbons (Fsp3) is 0.652. The number of hydrogen-bond donors (Lipinski definition) is 1. The molecule has 2 amide bonds. The Morgan fingerprint density at radius 2 is 1.79 bits per heavy atom. The van der Waals surface area contributed by atoms with E-state index in [1.165, 1.54) is 10.5 Å². The van der Waals surface area contributed by atoms with E-state index in [9.17, 15) is 13.8 Å². The first-order valence-corrected chi connectivity index (χ1v) is 12.5. The van der Waals surface area contributed by atoms with Crippen LogP contribution in [-0.4, -0.2) is 45.1 Å². The van der Waals surface area contributed by atoms with Gasteiger partial charge in [-0.2, -0.15) is 0 Å². The van der Waals surface area contributed by atoms with Crippen LogP contribution >= 0.6 is 0 Å². The second-order valence-electron chi connectivity index (χ2n) is 7.83. The Kier molecular flexibility index (Phi) is 11.0. The lowest BCUT2D eigenvalue weighted by molar-refractivity contribution is -0.145. The highest BCUT2D eigenvalue weighted by Gasteiger charge is 2.40. The molecule has 1 heterocycles. The first-order valence-electron chi connectivity index (χ1n) is 11.1. The van der Waals surface area contributed by atoms with E-state index >= 15 is 0 Å². The van der Waals surface area contributed by atoms with Crippen molar-refractivity contribution in [2.75, 3.05) is 18.8 Å². The van der Waals surface area contributed by atoms with Crippen molar-refractivity contribution in [3.8, 4) is 0 Å². The monoisotopic (exact) mass is 420 g/mol. The van der Waals surface area contributed by atoms with Gasteiger partial charge in [-0.1, -0.05) is 69.4 Å². The van der Waals surface area contributed by atoms with Crippen molar-refractivity contribution < 1.29 is 13.8 Å². The summed E-state index contributed by atoms with van der Waals surface area (Å²) < 4.78 is 12.4. The maximum atomic E-state index is 12.4. The molecular weight excluding hydrogens is 384 g/mol. The van der Waals surface area contributed by atoms with Gasteiger partial charge in [0, 0.05) is 23.1 Å². The molecule has 162 valence electrons. The van der Waals surface area contributed by atoms with Crippen molar-refractivity contribution in [3.05, 3.63) is 35.9 Å². The van der Waals surface area contributed by atoms with Crippen LogP contribution in [0.4, 0.5) is 0 Å². The highest BCUT2D eigenvalue weighted by Crippen LogP contribution is 2.23. The Balaban J connectivity index is 1.53. The molecule has 2 unspecified atom stereocenters. The van der Waals surface area contributed by atoms with Crippen LogP contribution in [0.15, 0.2) is 30.3 Å². The van der Waals surface area contributed by atoms with Gasteiger partial charge in [-0.3, -0.25) is 13.8 Å². The molecule has 0 aromatic heterocycles. The minimum Gasteiger partial charge on any atom is -0.355 e. The summed E-state index contributed by atoms with van der Waals surface area (Å²) in [4.78, 5) is 25.5. The van der Waals surface area contributed by atoms with Crippen LogP contribution in [0.25, 0.3) is 0 Å². The van der Waals surface area contributed by atoms with Gasteiger partial charge in [-0.05, 0) is 31.2 Å². The quantitative estimate of drug-likeness (QED) is 0.347. The largest absolute Gasteiger partial charge is 0.355 e. The highest BCUT2D eigenvalue weighted by molar-refractivity contribution is 7.85. The van der Waals surface area contributed by atoms with Crippen LogP contribution in [0.2, 0.25) is 0 Å². The molecule has 0 radical (unpaired) electrons. The van der Waals surface area contributed by atoms with Crippen molar-refractivity contribution in [2.45, 2.75) is 76.5 Å². The minimum atomic E-state index is -1.05. The first kappa shape index (κ1) is 23.6. The van der Waals surface area contributed by atoms with Crippen molar-refractivity contribution in [1.82, 2.24) is 10.2 Å². The first-order chi connectivity index (χ1) is 14.1. The number of carbonyl (C=O) groups excluding carboxylic acids is 2. The van der Waals surface area contributed by atoms with Crippen LogP contribution in [0.3, 0.4) is 0 Å². The molecule has 1 aromatic rings. The molecule has 0 aliphatic carbocycles. The van der Waals surface area contributed by atoms with E-state index in [0.717, 1.165) is 57.8 Å². The van der Waals surface area contributed by atoms with Crippen LogP contribution in [-0.2, 0) is 26.8 Å². The number of likely N-dealkylation sites (tertiary alicyclic amines) is 1. The summed E-state index contributed by atoms with van der Waals surface area (Å²) in [6.45, 7) is 2.82. The molecule has 5 nitrogen and oxygen atoms in total. The van der Waals surface area contributed by atoms with Crippen LogP contribution < -0.4 is 5.32 Å². The number of β-lactam (4-membered cyclic amide) rings is 1. The second kappa shape index (κ2) is 13.5. The third-order valence-corrected chi connectivity index (χ3v) is 7.11. The standard InChI is InChI=1S/C23H36N2O3S/c1-2-3-4-12-17-29(28)23-18-22(27)25(23)19-21(26)24-16-11-6-5-8-13-20-14-9-7-10-15-20/h7,9-10,14-15,23H,2-6,8,11-13,16-19H2,1H3,(H,24,26). The Hall–Kier alpha value is -1.69. The van der Waals surface area contributed by atoms with Gasteiger partial charge in [0.25, 0.3) is 0 Å². The SMILES string of the molecule is CCCCCCS(=O)C1CC(=O)N1CC(=O)NCCCCCCc1ccccc1. The van der Waals surface area contributed by atoms with E-state index in [-0.39, 0.29) is 23.7 Å². The average Bonchev–Trinajstić information content (AvgIpc) is 2.73. The summed E-state index contributed by atoms with van der Waals surface area (Å²) in [5.41, 5.74) is 1.37. The molecule has 1 aliphatic heterocycles. The van der Waals surface area contributed by atoms with Crippen LogP contribution in [0.5, 0.6) is 0 Å². The Morgan fingerprint density at radius 1 is 1.07 bits per heavy atom. The van der Waals surface area contributed by atoms with E-state index in [2.05, 4.69) is 36.5 Å². The van der Waals surface area contributed by atoms with Gasteiger partial charge in [-0.15, -0.1) is 0 Å². The van der Waals surface area contributed by atoms with Gasteiger partial charge in [0.05, 0.1) is 6.42 Å². The molecule has 1 N–H and O–H groups in total. The van der Waals surface area contributed by atoms with E-state index < -0.39 is 10.8 Å². The molecule has 1 fully saturated rings. The normalized spacial score (nSPS) is 17.1. The molecule has 2 atom stereocenters. The van der Waals surface area contributed by atoms with E-state index in [0.29, 0.717) is 18.7 Å². The Labute approximate surface area is 178 Å². The molecular formula is C23H36N2O3S. The molecule has 1 aliphatic rings. The van der Waals surface area contributed by atoms with Gasteiger partial charge in [0.1, 0.15) is 11.9 Å². The lowest BCUT2D eigenvalue weighted by Crippen LogP contribution is -2.58. The van der Waals surface area contributed by atoms with Crippen LogP contribution in [0, 0.1) is 0 Å². The lowest BCUT2D eigenvalue weighted by atomic mass is 10.1. The number of rotatable bonds is 15. The van der Waals surface area contributed by atoms with Crippen molar-refractivity contribution >= 4 is 22.6 Å². The Bertz CT molecular complexity index is 651. The summed E-state index contributed by atoms with van der Waals surface area (Å²) in [5, 5.41) is 2.63. The van der Waals surface area contributed by atoms with Gasteiger partial charge in [0.15, 0.2) is 0 Å². The number of amides is 2. The fourth-order valence-corrected chi connectivity index (χ4v) is 5.11. The number of unbranched alkanes of at least 4 members (excludes halogenated alkanes) is 6. The number of benzene rings is 1. The van der Waals surface area contributed by atoms with Crippen molar-refractivity contribution in [2.24, 2.45) is 0 Å². The number of hydrogen-bond acceptors (Lipinski definition) is 3. The van der Waals surface area contributed by atoms with Crippen molar-refractivity contribution in [3.63, 3.8) is 0 Å². The maximum absolute atomic E-state index is 12.4. The third-order valence-electron chi connectivity index (χ3n) is 5.39. The zero-order valence-corrected chi connectivity index (χ0v) is 18.6. The number of aryl methyl sites for hydroxylation is 1. The predicted molar refractivity (Wildman–Crippen MR) is 119 cm³/mol. The van der Waals surface area contributed by atoms with E-state index in [1.807, 2.05) is 6.07 Å². The zero-order chi connectivity index (χ0) is 20.9. The minimum absolute atomic E-state index is 0.0399. The Morgan fingerprint density at radius 3 is 2.52 bits per heavy atom. The summed E-state index contributed by atoms with van der Waals surface area (Å²) in [6, 6.07) is 10.5. The smallest absolute Gasteiger partial charge is 0.239 e. The summed E-state index contributed by atoms with van der Waals surface area (Å²) in [6.07, 6.45) is 10.1. The van der Waals surface area contributed by atoms with Gasteiger partial charge < -0.3 is 10.2 Å². The number of carbonyl (C=O) groups is 2. The lowest BCUT2D eigenvalue weighted by Gasteiger charge is -2.39. The molecule has 6 heteroatoms. The zero-order valence-electron chi connectivity index (χ0n) is 17.7. The van der Waals surface area contributed by atoms with Gasteiger partial charge in [-0.25, -0.2) is 0 Å². The highest BCUT2D eigenvalue weighted by atomic mass is 32.2. The van der Waals surface area contributed by atoms with Crippen LogP contribution in [0.1, 0.15) is 70.3 Å². The molecule has 1 saturated heterocycles.